The van der Waals surface area contributed by atoms with E-state index in [1.165, 1.54) is 43.1 Å². The Morgan fingerprint density at radius 2 is 0.783 bits per heavy atom. The number of benzene rings is 8. The highest BCUT2D eigenvalue weighted by Gasteiger charge is 2.17. The molecule has 0 aliphatic rings. The molecule has 214 valence electrons. The normalized spacial score (nSPS) is 11.5. The van der Waals surface area contributed by atoms with Gasteiger partial charge in [0.25, 0.3) is 0 Å². The first-order valence-electron chi connectivity index (χ1n) is 15.5. The molecule has 0 saturated carbocycles. The van der Waals surface area contributed by atoms with Gasteiger partial charge in [-0.2, -0.15) is 0 Å². The minimum Gasteiger partial charge on any atom is -0.208 e. The molecule has 9 rings (SSSR count). The monoisotopic (exact) mass is 585 g/mol. The van der Waals surface area contributed by atoms with Gasteiger partial charge >= 0.3 is 0 Å². The Hall–Kier alpha value is -6.19. The quantitative estimate of drug-likeness (QED) is 0.193. The Morgan fingerprint density at radius 3 is 1.50 bits per heavy atom. The Bertz CT molecular complexity index is 2500. The van der Waals surface area contributed by atoms with E-state index in [0.717, 1.165) is 27.8 Å². The van der Waals surface area contributed by atoms with Gasteiger partial charge in [-0.1, -0.05) is 158 Å². The molecule has 1 aromatic heterocycles. The van der Waals surface area contributed by atoms with Crippen LogP contribution in [-0.2, 0) is 0 Å². The van der Waals surface area contributed by atoms with Gasteiger partial charge in [-0.15, -0.1) is 0 Å². The van der Waals surface area contributed by atoms with Crippen molar-refractivity contribution in [2.24, 2.45) is 0 Å². The molecule has 46 heavy (non-hydrogen) atoms. The third-order valence-corrected chi connectivity index (χ3v) is 8.90. The van der Waals surface area contributed by atoms with Crippen molar-refractivity contribution in [3.8, 4) is 45.3 Å². The molecular formula is C43H27N3. The highest BCUT2D eigenvalue weighted by Crippen LogP contribution is 2.41. The van der Waals surface area contributed by atoms with Crippen LogP contribution in [0.4, 0.5) is 0 Å². The van der Waals surface area contributed by atoms with Gasteiger partial charge in [0.2, 0.25) is 0 Å². The van der Waals surface area contributed by atoms with Crippen LogP contribution in [0.3, 0.4) is 0 Å². The summed E-state index contributed by atoms with van der Waals surface area (Å²) in [5.74, 6) is 1.96. The molecule has 0 radical (unpaired) electrons. The number of fused-ring (bicyclic) bond motifs is 8. The third-order valence-electron chi connectivity index (χ3n) is 8.90. The van der Waals surface area contributed by atoms with E-state index in [-0.39, 0.29) is 0 Å². The number of aromatic nitrogens is 3. The topological polar surface area (TPSA) is 38.7 Å². The predicted octanol–water partition coefficient (Wildman–Crippen LogP) is 11.2. The zero-order valence-electron chi connectivity index (χ0n) is 24.9. The van der Waals surface area contributed by atoms with Crippen LogP contribution >= 0.6 is 0 Å². The van der Waals surface area contributed by atoms with Gasteiger partial charge < -0.3 is 0 Å². The van der Waals surface area contributed by atoms with Crippen molar-refractivity contribution in [2.45, 2.75) is 0 Å². The molecule has 0 N–H and O–H groups in total. The highest BCUT2D eigenvalue weighted by molar-refractivity contribution is 6.31. The maximum atomic E-state index is 5.05. The predicted molar refractivity (Wildman–Crippen MR) is 192 cm³/mol. The molecule has 0 bridgehead atoms. The second-order valence-corrected chi connectivity index (χ2v) is 11.6. The smallest absolute Gasteiger partial charge is 0.164 e. The Kier molecular flexibility index (Phi) is 6.14. The van der Waals surface area contributed by atoms with E-state index < -0.39 is 0 Å². The molecule has 0 unspecified atom stereocenters. The summed E-state index contributed by atoms with van der Waals surface area (Å²) in [6.45, 7) is 0. The molecule has 9 aromatic rings. The zero-order chi connectivity index (χ0) is 30.5. The SMILES string of the molecule is c1ccc(-c2nc(-c3ccccc3)nc(-c3ccccc3-c3ccc4c(c3)c3ccccc3c3c5ccccc5ccc43)n2)cc1. The minimum atomic E-state index is 0.651. The molecule has 3 nitrogen and oxygen atoms in total. The summed E-state index contributed by atoms with van der Waals surface area (Å²) in [5.41, 5.74) is 5.08. The van der Waals surface area contributed by atoms with Gasteiger partial charge in [-0.3, -0.25) is 0 Å². The number of nitrogens with zero attached hydrogens (tertiary/aromatic N) is 3. The summed E-state index contributed by atoms with van der Waals surface area (Å²) in [7, 11) is 0. The Balaban J connectivity index is 1.28. The summed E-state index contributed by atoms with van der Waals surface area (Å²) in [6.07, 6.45) is 0. The number of hydrogen-bond donors (Lipinski definition) is 0. The van der Waals surface area contributed by atoms with Crippen molar-refractivity contribution in [1.29, 1.82) is 0 Å². The van der Waals surface area contributed by atoms with Crippen molar-refractivity contribution in [1.82, 2.24) is 15.0 Å². The van der Waals surface area contributed by atoms with Gasteiger partial charge in [0.15, 0.2) is 17.5 Å². The van der Waals surface area contributed by atoms with Crippen molar-refractivity contribution >= 4 is 43.1 Å². The van der Waals surface area contributed by atoms with Crippen LogP contribution in [-0.4, -0.2) is 15.0 Å². The molecule has 0 amide bonds. The lowest BCUT2D eigenvalue weighted by molar-refractivity contribution is 1.07. The van der Waals surface area contributed by atoms with Crippen molar-refractivity contribution in [3.05, 3.63) is 164 Å². The number of rotatable bonds is 4. The van der Waals surface area contributed by atoms with Crippen LogP contribution in [0.5, 0.6) is 0 Å². The van der Waals surface area contributed by atoms with E-state index in [2.05, 4.69) is 103 Å². The molecule has 3 heteroatoms. The van der Waals surface area contributed by atoms with E-state index >= 15 is 0 Å². The fraction of sp³-hybridized carbons (Fsp3) is 0. The lowest BCUT2D eigenvalue weighted by atomic mass is 9.89. The molecule has 0 fully saturated rings. The molecule has 0 spiro atoms. The van der Waals surface area contributed by atoms with Gasteiger partial charge in [0.05, 0.1) is 0 Å². The van der Waals surface area contributed by atoms with Crippen LogP contribution in [0.25, 0.3) is 88.4 Å². The van der Waals surface area contributed by atoms with Crippen molar-refractivity contribution < 1.29 is 0 Å². The zero-order valence-corrected chi connectivity index (χ0v) is 24.9. The summed E-state index contributed by atoms with van der Waals surface area (Å²) in [6, 6.07) is 57.5. The first-order valence-corrected chi connectivity index (χ1v) is 15.5. The number of hydrogen-bond acceptors (Lipinski definition) is 3. The highest BCUT2D eigenvalue weighted by atomic mass is 15.0. The maximum Gasteiger partial charge on any atom is 0.164 e. The fourth-order valence-corrected chi connectivity index (χ4v) is 6.75. The Morgan fingerprint density at radius 1 is 0.283 bits per heavy atom. The van der Waals surface area contributed by atoms with Crippen LogP contribution in [0.1, 0.15) is 0 Å². The summed E-state index contributed by atoms with van der Waals surface area (Å²) in [4.78, 5) is 15.0. The maximum absolute atomic E-state index is 5.05. The van der Waals surface area contributed by atoms with E-state index in [4.69, 9.17) is 15.0 Å². The van der Waals surface area contributed by atoms with Gasteiger partial charge in [-0.25, -0.2) is 15.0 Å². The molecular weight excluding hydrogens is 558 g/mol. The summed E-state index contributed by atoms with van der Waals surface area (Å²) >= 11 is 0. The van der Waals surface area contributed by atoms with Crippen molar-refractivity contribution in [2.75, 3.05) is 0 Å². The minimum absolute atomic E-state index is 0.651. The van der Waals surface area contributed by atoms with E-state index in [9.17, 15) is 0 Å². The van der Waals surface area contributed by atoms with Crippen LogP contribution in [0.2, 0.25) is 0 Å². The standard InChI is InChI=1S/C43H27N3/c1-3-14-29(15-4-1)41-44-42(30-16-5-2-6-17-30)46-43(45-41)38-22-12-9-18-32(38)31-24-25-35-37-26-23-28-13-7-8-19-33(28)40(37)36-21-11-10-20-34(36)39(35)27-31/h1-27H. The molecule has 8 aromatic carbocycles. The first-order chi connectivity index (χ1) is 22.8. The van der Waals surface area contributed by atoms with Gasteiger partial charge in [0, 0.05) is 16.7 Å². The second-order valence-electron chi connectivity index (χ2n) is 11.6. The van der Waals surface area contributed by atoms with Crippen LogP contribution in [0.15, 0.2) is 164 Å². The second kappa shape index (κ2) is 10.8. The molecule has 0 aliphatic carbocycles. The summed E-state index contributed by atoms with van der Waals surface area (Å²) < 4.78 is 0. The van der Waals surface area contributed by atoms with E-state index in [1.54, 1.807) is 0 Å². The Labute approximate surface area is 266 Å². The largest absolute Gasteiger partial charge is 0.208 e. The summed E-state index contributed by atoms with van der Waals surface area (Å²) in [5, 5.41) is 10.1. The van der Waals surface area contributed by atoms with E-state index in [1.807, 2.05) is 60.7 Å². The third kappa shape index (κ3) is 4.33. The van der Waals surface area contributed by atoms with Gasteiger partial charge in [0.1, 0.15) is 0 Å². The van der Waals surface area contributed by atoms with Crippen LogP contribution < -0.4 is 0 Å². The average molecular weight is 586 g/mol. The molecule has 0 saturated heterocycles. The lowest BCUT2D eigenvalue weighted by Crippen LogP contribution is -2.01. The fourth-order valence-electron chi connectivity index (χ4n) is 6.75. The lowest BCUT2D eigenvalue weighted by Gasteiger charge is -2.15. The first kappa shape index (κ1) is 26.2. The van der Waals surface area contributed by atoms with Crippen molar-refractivity contribution in [3.63, 3.8) is 0 Å². The van der Waals surface area contributed by atoms with Gasteiger partial charge in [-0.05, 0) is 60.3 Å². The average Bonchev–Trinajstić information content (AvgIpc) is 3.15. The van der Waals surface area contributed by atoms with E-state index in [0.29, 0.717) is 17.5 Å². The molecule has 1 heterocycles. The van der Waals surface area contributed by atoms with Crippen LogP contribution in [0, 0.1) is 0 Å². The molecule has 0 aliphatic heterocycles. The molecule has 0 atom stereocenters.